The van der Waals surface area contributed by atoms with Crippen LogP contribution in [0.3, 0.4) is 0 Å². The van der Waals surface area contributed by atoms with Crippen molar-refractivity contribution in [1.82, 2.24) is 0 Å². The summed E-state index contributed by atoms with van der Waals surface area (Å²) in [6.45, 7) is 1.75. The van der Waals surface area contributed by atoms with Crippen LogP contribution in [0.4, 0.5) is 11.4 Å². The predicted molar refractivity (Wildman–Crippen MR) is 94.8 cm³/mol. The van der Waals surface area contributed by atoms with E-state index in [4.69, 9.17) is 34.8 Å². The van der Waals surface area contributed by atoms with E-state index in [-0.39, 0.29) is 16.5 Å². The maximum atomic E-state index is 12.3. The van der Waals surface area contributed by atoms with E-state index >= 15 is 0 Å². The minimum absolute atomic E-state index is 0.134. The van der Waals surface area contributed by atoms with E-state index in [2.05, 4.69) is 10.6 Å². The van der Waals surface area contributed by atoms with Crippen LogP contribution in [0.1, 0.15) is 23.7 Å². The lowest BCUT2D eigenvalue weighted by Crippen LogP contribution is -2.14. The molecule has 0 saturated heterocycles. The van der Waals surface area contributed by atoms with Gasteiger partial charge in [-0.05, 0) is 36.4 Å². The Hall–Kier alpha value is -1.75. The fourth-order valence-electron chi connectivity index (χ4n) is 1.81. The van der Waals surface area contributed by atoms with Crippen molar-refractivity contribution >= 4 is 58.0 Å². The van der Waals surface area contributed by atoms with Crippen LogP contribution in [-0.2, 0) is 4.79 Å². The normalized spacial score (nSPS) is 10.3. The zero-order valence-electron chi connectivity index (χ0n) is 12.1. The van der Waals surface area contributed by atoms with Crippen LogP contribution < -0.4 is 10.6 Å². The molecule has 0 aliphatic rings. The molecule has 0 fully saturated rings. The van der Waals surface area contributed by atoms with Crippen molar-refractivity contribution in [3.8, 4) is 0 Å². The van der Waals surface area contributed by atoms with Crippen LogP contribution in [-0.4, -0.2) is 11.8 Å². The maximum Gasteiger partial charge on any atom is 0.257 e. The Bertz CT molecular complexity index is 763. The first-order valence-corrected chi connectivity index (χ1v) is 7.90. The summed E-state index contributed by atoms with van der Waals surface area (Å²) >= 11 is 17.9. The summed E-state index contributed by atoms with van der Waals surface area (Å²) in [5.74, 6) is -0.558. The SMILES string of the molecule is CCC(=O)Nc1ccc(Cl)c(NC(=O)c2ccc(Cl)cc2Cl)c1. The zero-order valence-corrected chi connectivity index (χ0v) is 14.4. The van der Waals surface area contributed by atoms with Gasteiger partial charge in [0.15, 0.2) is 0 Å². The molecule has 2 amide bonds. The van der Waals surface area contributed by atoms with Crippen LogP contribution in [0.25, 0.3) is 0 Å². The molecule has 0 spiro atoms. The molecule has 0 bridgehead atoms. The molecule has 0 radical (unpaired) electrons. The molecule has 0 aliphatic heterocycles. The number of hydrogen-bond donors (Lipinski definition) is 2. The highest BCUT2D eigenvalue weighted by molar-refractivity contribution is 6.37. The Morgan fingerprint density at radius 1 is 0.957 bits per heavy atom. The van der Waals surface area contributed by atoms with Crippen molar-refractivity contribution in [3.05, 3.63) is 57.0 Å². The Morgan fingerprint density at radius 2 is 1.70 bits per heavy atom. The number of rotatable bonds is 4. The quantitative estimate of drug-likeness (QED) is 0.771. The third kappa shape index (κ3) is 4.61. The van der Waals surface area contributed by atoms with E-state index in [0.717, 1.165) is 0 Å². The van der Waals surface area contributed by atoms with Crippen LogP contribution in [0.5, 0.6) is 0 Å². The maximum absolute atomic E-state index is 12.3. The summed E-state index contributed by atoms with van der Waals surface area (Å²) in [5.41, 5.74) is 1.19. The average molecular weight is 372 g/mol. The lowest BCUT2D eigenvalue weighted by Gasteiger charge is -2.11. The van der Waals surface area contributed by atoms with Crippen molar-refractivity contribution in [3.63, 3.8) is 0 Å². The fraction of sp³-hybridized carbons (Fsp3) is 0.125. The number of carbonyl (C=O) groups is 2. The number of benzene rings is 2. The van der Waals surface area contributed by atoms with Gasteiger partial charge in [-0.15, -0.1) is 0 Å². The highest BCUT2D eigenvalue weighted by atomic mass is 35.5. The van der Waals surface area contributed by atoms with Gasteiger partial charge in [0.25, 0.3) is 5.91 Å². The van der Waals surface area contributed by atoms with Gasteiger partial charge in [0.05, 0.1) is 21.3 Å². The molecule has 0 atom stereocenters. The summed E-state index contributed by atoms with van der Waals surface area (Å²) in [4.78, 5) is 23.7. The van der Waals surface area contributed by atoms with Gasteiger partial charge in [-0.3, -0.25) is 9.59 Å². The van der Waals surface area contributed by atoms with Crippen molar-refractivity contribution in [2.45, 2.75) is 13.3 Å². The number of anilines is 2. The standard InChI is InChI=1S/C16H13Cl3N2O2/c1-2-15(22)20-10-4-6-12(18)14(8-10)21-16(23)11-5-3-9(17)7-13(11)19/h3-8H,2H2,1H3,(H,20,22)(H,21,23). The molecule has 0 unspecified atom stereocenters. The number of hydrogen-bond acceptors (Lipinski definition) is 2. The number of amides is 2. The first-order valence-electron chi connectivity index (χ1n) is 6.76. The van der Waals surface area contributed by atoms with Crippen molar-refractivity contribution < 1.29 is 9.59 Å². The Kier molecular flexibility index (Phi) is 5.88. The van der Waals surface area contributed by atoms with E-state index in [9.17, 15) is 9.59 Å². The molecular weight excluding hydrogens is 359 g/mol. The molecule has 4 nitrogen and oxygen atoms in total. The predicted octanol–water partition coefficient (Wildman–Crippen LogP) is 5.25. The monoisotopic (exact) mass is 370 g/mol. The molecule has 2 aromatic carbocycles. The second kappa shape index (κ2) is 7.68. The van der Waals surface area contributed by atoms with Gasteiger partial charge < -0.3 is 10.6 Å². The molecule has 0 saturated carbocycles. The number of halogens is 3. The molecule has 2 N–H and O–H groups in total. The van der Waals surface area contributed by atoms with E-state index in [1.54, 1.807) is 31.2 Å². The topological polar surface area (TPSA) is 58.2 Å². The van der Waals surface area contributed by atoms with Crippen LogP contribution >= 0.6 is 34.8 Å². The van der Waals surface area contributed by atoms with E-state index < -0.39 is 5.91 Å². The second-order valence-electron chi connectivity index (χ2n) is 4.67. The van der Waals surface area contributed by atoms with E-state index in [1.165, 1.54) is 12.1 Å². The number of carbonyl (C=O) groups excluding carboxylic acids is 2. The summed E-state index contributed by atoms with van der Waals surface area (Å²) in [7, 11) is 0. The fourth-order valence-corrected chi connectivity index (χ4v) is 2.47. The molecule has 0 heterocycles. The van der Waals surface area contributed by atoms with Gasteiger partial charge in [0.2, 0.25) is 5.91 Å². The summed E-state index contributed by atoms with van der Waals surface area (Å²) in [6, 6.07) is 9.40. The van der Waals surface area contributed by atoms with Gasteiger partial charge in [-0.2, -0.15) is 0 Å². The van der Waals surface area contributed by atoms with Gasteiger partial charge in [-0.1, -0.05) is 41.7 Å². The van der Waals surface area contributed by atoms with E-state index in [1.807, 2.05) is 0 Å². The molecular formula is C16H13Cl3N2O2. The molecule has 7 heteroatoms. The van der Waals surface area contributed by atoms with Gasteiger partial charge in [-0.25, -0.2) is 0 Å². The van der Waals surface area contributed by atoms with Crippen molar-refractivity contribution in [2.24, 2.45) is 0 Å². The van der Waals surface area contributed by atoms with Gasteiger partial charge in [0, 0.05) is 17.1 Å². The first-order chi connectivity index (χ1) is 10.9. The van der Waals surface area contributed by atoms with Crippen LogP contribution in [0, 0.1) is 0 Å². The van der Waals surface area contributed by atoms with Crippen molar-refractivity contribution in [2.75, 3.05) is 10.6 Å². The molecule has 2 aromatic rings. The van der Waals surface area contributed by atoms with Crippen molar-refractivity contribution in [1.29, 1.82) is 0 Å². The summed E-state index contributed by atoms with van der Waals surface area (Å²) in [6.07, 6.45) is 0.352. The largest absolute Gasteiger partial charge is 0.326 e. The second-order valence-corrected chi connectivity index (χ2v) is 5.93. The summed E-state index contributed by atoms with van der Waals surface area (Å²) in [5, 5.41) is 6.39. The summed E-state index contributed by atoms with van der Waals surface area (Å²) < 4.78 is 0. The highest BCUT2D eigenvalue weighted by Crippen LogP contribution is 2.28. The van der Waals surface area contributed by atoms with Crippen LogP contribution in [0.2, 0.25) is 15.1 Å². The third-order valence-electron chi connectivity index (χ3n) is 3.00. The molecule has 2 rings (SSSR count). The number of nitrogens with one attached hydrogen (secondary N) is 2. The minimum Gasteiger partial charge on any atom is -0.326 e. The lowest BCUT2D eigenvalue weighted by molar-refractivity contribution is -0.115. The smallest absolute Gasteiger partial charge is 0.257 e. The first kappa shape index (κ1) is 17.6. The average Bonchev–Trinajstić information content (AvgIpc) is 2.50. The third-order valence-corrected chi connectivity index (χ3v) is 3.87. The van der Waals surface area contributed by atoms with E-state index in [0.29, 0.717) is 27.8 Å². The molecule has 120 valence electrons. The van der Waals surface area contributed by atoms with Gasteiger partial charge in [0.1, 0.15) is 0 Å². The van der Waals surface area contributed by atoms with Crippen LogP contribution in [0.15, 0.2) is 36.4 Å². The Labute approximate surface area is 148 Å². The molecule has 0 aliphatic carbocycles. The minimum atomic E-state index is -0.424. The highest BCUT2D eigenvalue weighted by Gasteiger charge is 2.13. The zero-order chi connectivity index (χ0) is 17.0. The molecule has 0 aromatic heterocycles. The Morgan fingerprint density at radius 3 is 2.35 bits per heavy atom. The van der Waals surface area contributed by atoms with Gasteiger partial charge >= 0.3 is 0 Å². The Balaban J connectivity index is 2.23. The molecule has 23 heavy (non-hydrogen) atoms. The lowest BCUT2D eigenvalue weighted by atomic mass is 10.2.